The molecule has 0 unspecified atom stereocenters. The molecule has 1 fully saturated rings. The van der Waals surface area contributed by atoms with Crippen molar-refractivity contribution in [2.75, 3.05) is 18.8 Å². The summed E-state index contributed by atoms with van der Waals surface area (Å²) in [4.78, 5) is 12.8. The average molecular weight is 493 g/mol. The Kier molecular flexibility index (Phi) is 8.47. The van der Waals surface area contributed by atoms with E-state index >= 15 is 0 Å². The highest BCUT2D eigenvalue weighted by atomic mass is 35.5. The molecule has 0 radical (unpaired) electrons. The Balaban J connectivity index is 1.55. The van der Waals surface area contributed by atoms with Crippen molar-refractivity contribution in [1.29, 1.82) is 0 Å². The Hall–Kier alpha value is -1.77. The van der Waals surface area contributed by atoms with Crippen LogP contribution in [0.15, 0.2) is 54.8 Å². The van der Waals surface area contributed by atoms with Crippen molar-refractivity contribution in [3.8, 4) is 0 Å². The molecule has 1 aliphatic carbocycles. The second-order valence-corrected chi connectivity index (χ2v) is 11.1. The molecule has 6 N–H and O–H groups in total. The fourth-order valence-electron chi connectivity index (χ4n) is 4.06. The third kappa shape index (κ3) is 6.17. The molecule has 1 saturated heterocycles. The molecule has 1 spiro atoms. The van der Waals surface area contributed by atoms with E-state index < -0.39 is 0 Å². The van der Waals surface area contributed by atoms with E-state index in [0.717, 1.165) is 37.2 Å². The molecule has 0 aromatic carbocycles. The van der Waals surface area contributed by atoms with Gasteiger partial charge in [-0.05, 0) is 67.7 Å². The first kappa shape index (κ1) is 24.9. The second-order valence-electron chi connectivity index (χ2n) is 8.61. The van der Waals surface area contributed by atoms with E-state index in [0.29, 0.717) is 21.4 Å². The number of aromatic nitrogens is 1. The number of aliphatic imine (C=N–C) groups is 1. The zero-order valence-corrected chi connectivity index (χ0v) is 21.4. The van der Waals surface area contributed by atoms with Crippen LogP contribution in [0.4, 0.5) is 5.82 Å². The zero-order valence-electron chi connectivity index (χ0n) is 19.0. The van der Waals surface area contributed by atoms with Crippen LogP contribution in [0.5, 0.6) is 0 Å². The maximum absolute atomic E-state index is 6.27. The number of rotatable bonds is 6. The lowest BCUT2D eigenvalue weighted by Crippen LogP contribution is -2.45. The molecule has 6 nitrogen and oxygen atoms in total. The number of nitrogen functional groups attached to an aromatic ring is 1. The molecule has 2 aliphatic rings. The van der Waals surface area contributed by atoms with Crippen LogP contribution >= 0.6 is 35.1 Å². The van der Waals surface area contributed by atoms with Crippen molar-refractivity contribution in [3.63, 3.8) is 0 Å². The first-order valence-corrected chi connectivity index (χ1v) is 12.9. The molecule has 174 valence electrons. The van der Waals surface area contributed by atoms with Gasteiger partial charge in [-0.1, -0.05) is 41.4 Å². The Labute approximate surface area is 204 Å². The van der Waals surface area contributed by atoms with Gasteiger partial charge < -0.3 is 22.1 Å². The lowest BCUT2D eigenvalue weighted by molar-refractivity contribution is 0.157. The minimum absolute atomic E-state index is 0.282. The topological polar surface area (TPSA) is 107 Å². The van der Waals surface area contributed by atoms with Crippen molar-refractivity contribution >= 4 is 46.9 Å². The third-order valence-corrected chi connectivity index (χ3v) is 8.90. The Morgan fingerprint density at radius 3 is 2.72 bits per heavy atom. The van der Waals surface area contributed by atoms with Gasteiger partial charge in [-0.15, -0.1) is 11.8 Å². The van der Waals surface area contributed by atoms with Crippen molar-refractivity contribution in [2.24, 2.45) is 21.9 Å². The average Bonchev–Trinajstić information content (AvgIpc) is 3.08. The molecular weight excluding hydrogens is 460 g/mol. The van der Waals surface area contributed by atoms with Gasteiger partial charge in [0.1, 0.15) is 5.82 Å². The van der Waals surface area contributed by atoms with E-state index in [4.69, 9.17) is 28.8 Å². The molecule has 2 heterocycles. The van der Waals surface area contributed by atoms with Crippen LogP contribution in [0, 0.1) is 5.41 Å². The van der Waals surface area contributed by atoms with Gasteiger partial charge in [0.2, 0.25) is 0 Å². The summed E-state index contributed by atoms with van der Waals surface area (Å²) in [5.74, 6) is 0.784. The van der Waals surface area contributed by atoms with Gasteiger partial charge in [-0.2, -0.15) is 0 Å². The number of allylic oxidation sites excluding steroid dienone is 3. The molecule has 0 saturated carbocycles. The van der Waals surface area contributed by atoms with Gasteiger partial charge in [0.05, 0.1) is 16.3 Å². The van der Waals surface area contributed by atoms with Gasteiger partial charge in [-0.25, -0.2) is 9.98 Å². The van der Waals surface area contributed by atoms with E-state index in [1.165, 1.54) is 30.2 Å². The minimum Gasteiger partial charge on any atom is -0.392 e. The molecule has 0 atom stereocenters. The fraction of sp³-hybridized carbons (Fsp3) is 0.478. The number of piperidine rings is 1. The molecule has 9 heteroatoms. The van der Waals surface area contributed by atoms with Crippen molar-refractivity contribution in [2.45, 2.75) is 57.8 Å². The molecule has 1 aromatic rings. The molecule has 0 amide bonds. The summed E-state index contributed by atoms with van der Waals surface area (Å²) in [5, 5.41) is 3.20. The second kappa shape index (κ2) is 10.9. The van der Waals surface area contributed by atoms with Crippen molar-refractivity contribution in [1.82, 2.24) is 9.88 Å². The number of guanidine groups is 1. The van der Waals surface area contributed by atoms with Crippen LogP contribution in [0.25, 0.3) is 0 Å². The lowest BCUT2D eigenvalue weighted by atomic mass is 9.76. The maximum atomic E-state index is 6.27. The van der Waals surface area contributed by atoms with Crippen LogP contribution in [-0.4, -0.2) is 28.9 Å². The number of pyridine rings is 1. The summed E-state index contributed by atoms with van der Waals surface area (Å²) < 4.78 is 0. The van der Waals surface area contributed by atoms with Gasteiger partial charge in [-0.3, -0.25) is 0 Å². The lowest BCUT2D eigenvalue weighted by Gasteiger charge is -2.40. The Bertz CT molecular complexity index is 961. The van der Waals surface area contributed by atoms with Gasteiger partial charge in [0.25, 0.3) is 0 Å². The van der Waals surface area contributed by atoms with E-state index in [9.17, 15) is 0 Å². The Morgan fingerprint density at radius 1 is 1.31 bits per heavy atom. The number of thioether (sulfide) groups is 2. The molecule has 0 bridgehead atoms. The van der Waals surface area contributed by atoms with E-state index in [1.807, 2.05) is 11.8 Å². The number of hydrogen-bond acceptors (Lipinski definition) is 6. The van der Waals surface area contributed by atoms with E-state index in [-0.39, 0.29) is 5.82 Å². The largest absolute Gasteiger partial charge is 0.392 e. The van der Waals surface area contributed by atoms with Crippen molar-refractivity contribution < 1.29 is 0 Å². The summed E-state index contributed by atoms with van der Waals surface area (Å²) in [6.07, 6.45) is 8.92. The number of likely N-dealkylation sites (tertiary alicyclic amines) is 1. The van der Waals surface area contributed by atoms with Crippen LogP contribution < -0.4 is 17.2 Å². The highest BCUT2D eigenvalue weighted by Gasteiger charge is 2.40. The quantitative estimate of drug-likeness (QED) is 0.266. The molecule has 1 aromatic heterocycles. The predicted octanol–water partition coefficient (Wildman–Crippen LogP) is 5.68. The molecule has 1 aliphatic heterocycles. The molecule has 32 heavy (non-hydrogen) atoms. The highest BCUT2D eigenvalue weighted by Crippen LogP contribution is 2.52. The number of hydrogen-bond donors (Lipinski definition) is 3. The van der Waals surface area contributed by atoms with E-state index in [2.05, 4.69) is 41.1 Å². The van der Waals surface area contributed by atoms with Gasteiger partial charge in [0.15, 0.2) is 5.96 Å². The summed E-state index contributed by atoms with van der Waals surface area (Å²) in [6, 6.07) is 1.77. The van der Waals surface area contributed by atoms with Crippen LogP contribution in [0.1, 0.15) is 52.9 Å². The number of anilines is 1. The normalized spacial score (nSPS) is 19.9. The summed E-state index contributed by atoms with van der Waals surface area (Å²) in [5.41, 5.74) is 21.5. The summed E-state index contributed by atoms with van der Waals surface area (Å²) in [6.45, 7) is 8.53. The third-order valence-electron chi connectivity index (χ3n) is 6.19. The predicted molar refractivity (Wildman–Crippen MR) is 140 cm³/mol. The summed E-state index contributed by atoms with van der Waals surface area (Å²) in [7, 11) is 0. The standard InChI is InChI=1S/C23H33ClN6S2/c1-4-15(2)14-31-18-12-23(11-16(18)3)6-9-30(10-7-23)22(27)29-13-19(25)32-17-5-8-28-21(26)20(17)24/h5,8,13-14H,4,6-7,9-12,25H2,1-3H3,(H2,26,28)(H2,27,29)/b15-14?,19-13+. The summed E-state index contributed by atoms with van der Waals surface area (Å²) >= 11 is 9.39. The first-order valence-electron chi connectivity index (χ1n) is 10.9. The monoisotopic (exact) mass is 492 g/mol. The van der Waals surface area contributed by atoms with Gasteiger partial charge in [0, 0.05) is 24.2 Å². The maximum Gasteiger partial charge on any atom is 0.195 e. The van der Waals surface area contributed by atoms with E-state index in [1.54, 1.807) is 28.9 Å². The van der Waals surface area contributed by atoms with Crippen LogP contribution in [-0.2, 0) is 0 Å². The van der Waals surface area contributed by atoms with Crippen LogP contribution in [0.3, 0.4) is 0 Å². The molecular formula is C23H33ClN6S2. The number of nitrogens with two attached hydrogens (primary N) is 3. The van der Waals surface area contributed by atoms with Crippen LogP contribution in [0.2, 0.25) is 5.02 Å². The highest BCUT2D eigenvalue weighted by molar-refractivity contribution is 8.05. The minimum atomic E-state index is 0.282. The Morgan fingerprint density at radius 2 is 2.03 bits per heavy atom. The van der Waals surface area contributed by atoms with Gasteiger partial charge >= 0.3 is 0 Å². The SMILES string of the molecule is CCC(C)=CSC1=C(C)CC2(CCN(C(N)=N/C=C(\N)Sc3ccnc(N)c3Cl)CC2)C1. The first-order chi connectivity index (χ1) is 15.2. The zero-order chi connectivity index (χ0) is 23.3. The number of nitrogens with zero attached hydrogens (tertiary/aromatic N) is 3. The smallest absolute Gasteiger partial charge is 0.195 e. The van der Waals surface area contributed by atoms with Crippen molar-refractivity contribution in [3.05, 3.63) is 50.0 Å². The number of halogens is 1. The fourth-order valence-corrected chi connectivity index (χ4v) is 6.14. The molecule has 3 rings (SSSR count).